The number of ether oxygens (including phenoxy) is 1. The summed E-state index contributed by atoms with van der Waals surface area (Å²) in [7, 11) is -2.88. The zero-order valence-electron chi connectivity index (χ0n) is 20.8. The van der Waals surface area contributed by atoms with E-state index in [0.29, 0.717) is 5.56 Å². The highest BCUT2D eigenvalue weighted by Gasteiger charge is 2.48. The number of carbonyl (C=O) groups is 1. The molecule has 2 aliphatic rings. The molecule has 0 aromatic heterocycles. The van der Waals surface area contributed by atoms with E-state index in [4.69, 9.17) is 14.6 Å². The Kier molecular flexibility index (Phi) is 5.16. The molecule has 6 heteroatoms. The third-order valence-electron chi connectivity index (χ3n) is 6.79. The largest absolute Gasteiger partial charge is 0.497 e. The fraction of sp³-hybridized carbons (Fsp3) is 0.423. The lowest BCUT2D eigenvalue weighted by Gasteiger charge is -2.43. The van der Waals surface area contributed by atoms with Gasteiger partial charge < -0.3 is 14.6 Å². The average molecular weight is 466 g/mol. The molecule has 2 N–H and O–H groups in total. The fourth-order valence-corrected chi connectivity index (χ4v) is 14.4. The van der Waals surface area contributed by atoms with Crippen molar-refractivity contribution in [3.05, 3.63) is 46.0 Å². The van der Waals surface area contributed by atoms with Gasteiger partial charge in [0.15, 0.2) is 0 Å². The van der Waals surface area contributed by atoms with E-state index in [1.807, 2.05) is 6.07 Å². The van der Waals surface area contributed by atoms with E-state index in [0.717, 1.165) is 33.7 Å². The van der Waals surface area contributed by atoms with Crippen LogP contribution in [0, 0.1) is 0 Å². The van der Waals surface area contributed by atoms with Gasteiger partial charge in [0.25, 0.3) is 0 Å². The summed E-state index contributed by atoms with van der Waals surface area (Å²) in [5, 5.41) is 2.09. The smallest absolute Gasteiger partial charge is 0.249 e. The normalized spacial score (nSPS) is 18.2. The summed E-state index contributed by atoms with van der Waals surface area (Å²) < 4.78 is 12.9. The molecule has 170 valence electrons. The SMILES string of the molecule is COc1c2cc(C(N)=O)c(-c3cc(C(C)(C)C)cc4c3CC(C)=C4)c1[Si](C)(C)O[Si]2(C)C. The molecular weight excluding hydrogens is 430 g/mol. The van der Waals surface area contributed by atoms with Crippen LogP contribution in [-0.2, 0) is 16.0 Å². The zero-order chi connectivity index (χ0) is 23.8. The van der Waals surface area contributed by atoms with E-state index in [9.17, 15) is 4.79 Å². The molecule has 4 nitrogen and oxygen atoms in total. The molecule has 0 atom stereocenters. The maximum Gasteiger partial charge on any atom is 0.249 e. The maximum atomic E-state index is 12.9. The maximum absolute atomic E-state index is 12.9. The minimum absolute atomic E-state index is 0.0272. The Balaban J connectivity index is 2.19. The summed E-state index contributed by atoms with van der Waals surface area (Å²) in [6.07, 6.45) is 3.14. The molecule has 0 saturated heterocycles. The molecule has 2 aromatic carbocycles. The Morgan fingerprint density at radius 3 is 2.31 bits per heavy atom. The summed E-state index contributed by atoms with van der Waals surface area (Å²) >= 11 is 0. The molecule has 1 aliphatic heterocycles. The Hall–Kier alpha value is -2.16. The lowest BCUT2D eigenvalue weighted by molar-refractivity contribution is 0.100. The van der Waals surface area contributed by atoms with Crippen molar-refractivity contribution in [2.45, 2.75) is 65.7 Å². The van der Waals surface area contributed by atoms with Gasteiger partial charge in [0.1, 0.15) is 5.75 Å². The molecule has 0 unspecified atom stereocenters. The summed E-state index contributed by atoms with van der Waals surface area (Å²) in [6, 6.07) is 6.52. The van der Waals surface area contributed by atoms with Crippen molar-refractivity contribution < 1.29 is 13.6 Å². The number of primary amides is 1. The number of hydrogen-bond acceptors (Lipinski definition) is 3. The number of benzene rings is 2. The van der Waals surface area contributed by atoms with Crippen molar-refractivity contribution >= 4 is 39.0 Å². The second kappa shape index (κ2) is 7.17. The third kappa shape index (κ3) is 3.49. The van der Waals surface area contributed by atoms with E-state index >= 15 is 0 Å². The minimum Gasteiger partial charge on any atom is -0.497 e. The highest BCUT2D eigenvalue weighted by atomic mass is 28.4. The van der Waals surface area contributed by atoms with Gasteiger partial charge >= 0.3 is 0 Å². The zero-order valence-corrected chi connectivity index (χ0v) is 22.8. The highest BCUT2D eigenvalue weighted by Crippen LogP contribution is 2.42. The van der Waals surface area contributed by atoms with E-state index in [1.165, 1.54) is 22.3 Å². The van der Waals surface area contributed by atoms with Gasteiger partial charge in [0.2, 0.25) is 22.5 Å². The predicted molar refractivity (Wildman–Crippen MR) is 138 cm³/mol. The van der Waals surface area contributed by atoms with Gasteiger partial charge in [-0.1, -0.05) is 44.6 Å². The van der Waals surface area contributed by atoms with Crippen LogP contribution in [0.3, 0.4) is 0 Å². The molecule has 2 aromatic rings. The van der Waals surface area contributed by atoms with Gasteiger partial charge in [0.05, 0.1) is 7.11 Å². The third-order valence-corrected chi connectivity index (χ3v) is 14.2. The Morgan fingerprint density at radius 2 is 1.75 bits per heavy atom. The second-order valence-corrected chi connectivity index (χ2v) is 19.1. The molecule has 1 aliphatic carbocycles. The number of methoxy groups -OCH3 is 1. The molecule has 1 heterocycles. The highest BCUT2D eigenvalue weighted by molar-refractivity contribution is 7.01. The summed E-state index contributed by atoms with van der Waals surface area (Å²) in [5.74, 6) is 0.515. The molecule has 2 bridgehead atoms. The van der Waals surface area contributed by atoms with Gasteiger partial charge in [-0.2, -0.15) is 0 Å². The van der Waals surface area contributed by atoms with Gasteiger partial charge in [-0.25, -0.2) is 0 Å². The van der Waals surface area contributed by atoms with Crippen molar-refractivity contribution in [3.63, 3.8) is 0 Å². The van der Waals surface area contributed by atoms with Crippen molar-refractivity contribution in [1.29, 1.82) is 0 Å². The van der Waals surface area contributed by atoms with Gasteiger partial charge in [0, 0.05) is 15.9 Å². The van der Waals surface area contributed by atoms with E-state index in [-0.39, 0.29) is 11.3 Å². The van der Waals surface area contributed by atoms with Crippen LogP contribution in [0.5, 0.6) is 5.75 Å². The Labute approximate surface area is 194 Å². The van der Waals surface area contributed by atoms with Crippen LogP contribution in [0.2, 0.25) is 26.2 Å². The van der Waals surface area contributed by atoms with Gasteiger partial charge in [-0.3, -0.25) is 4.79 Å². The first-order chi connectivity index (χ1) is 14.7. The summed E-state index contributed by atoms with van der Waals surface area (Å²) in [6.45, 7) is 17.6. The molecule has 0 saturated carbocycles. The standard InChI is InChI=1S/C26H35NO3Si2/c1-15-10-16-12-17(26(2,3)4)13-19(18(16)11-15)22-20(25(27)28)14-21-23(29-5)24(22)32(8,9)30-31(21,6)7/h10,12-14H,11H2,1-9H3,(H2,27,28). The van der Waals surface area contributed by atoms with Crippen LogP contribution in [0.25, 0.3) is 17.2 Å². The quantitative estimate of drug-likeness (QED) is 0.675. The van der Waals surface area contributed by atoms with Crippen LogP contribution in [0.1, 0.15) is 54.7 Å². The number of fused-ring (bicyclic) bond motifs is 3. The van der Waals surface area contributed by atoms with E-state index in [2.05, 4.69) is 72.1 Å². The van der Waals surface area contributed by atoms with E-state index < -0.39 is 16.6 Å². The minimum atomic E-state index is -2.38. The lowest BCUT2D eigenvalue weighted by Crippen LogP contribution is -2.64. The van der Waals surface area contributed by atoms with Crippen LogP contribution in [-0.4, -0.2) is 29.7 Å². The Bertz CT molecular complexity index is 1190. The van der Waals surface area contributed by atoms with Gasteiger partial charge in [-0.05, 0) is 78.8 Å². The van der Waals surface area contributed by atoms with Crippen LogP contribution < -0.4 is 20.8 Å². The molecule has 0 radical (unpaired) electrons. The predicted octanol–water partition coefficient (Wildman–Crippen LogP) is 4.57. The Morgan fingerprint density at radius 1 is 1.09 bits per heavy atom. The first-order valence-corrected chi connectivity index (χ1v) is 17.1. The van der Waals surface area contributed by atoms with Crippen LogP contribution in [0.15, 0.2) is 23.8 Å². The second-order valence-electron chi connectivity index (χ2n) is 11.3. The summed E-state index contributed by atoms with van der Waals surface area (Å²) in [4.78, 5) is 12.9. The lowest BCUT2D eigenvalue weighted by atomic mass is 9.81. The number of amides is 1. The van der Waals surface area contributed by atoms with Crippen molar-refractivity contribution in [2.24, 2.45) is 5.73 Å². The molecule has 32 heavy (non-hydrogen) atoms. The van der Waals surface area contributed by atoms with Crippen molar-refractivity contribution in [3.8, 4) is 16.9 Å². The molecule has 0 spiro atoms. The topological polar surface area (TPSA) is 61.5 Å². The van der Waals surface area contributed by atoms with Crippen molar-refractivity contribution in [2.75, 3.05) is 7.11 Å². The molecular formula is C26H35NO3Si2. The number of rotatable bonds is 3. The number of nitrogens with two attached hydrogens (primary N) is 1. The van der Waals surface area contributed by atoms with Crippen LogP contribution >= 0.6 is 0 Å². The van der Waals surface area contributed by atoms with Gasteiger partial charge in [-0.15, -0.1) is 0 Å². The number of hydrogen-bond donors (Lipinski definition) is 1. The monoisotopic (exact) mass is 465 g/mol. The molecule has 4 rings (SSSR count). The van der Waals surface area contributed by atoms with E-state index in [1.54, 1.807) is 7.11 Å². The number of allylic oxidation sites excluding steroid dienone is 1. The molecule has 0 fully saturated rings. The average Bonchev–Trinajstić information content (AvgIpc) is 3.03. The fourth-order valence-electron chi connectivity index (χ4n) is 5.39. The van der Waals surface area contributed by atoms with Crippen LogP contribution in [0.4, 0.5) is 0 Å². The number of carbonyl (C=O) groups excluding carboxylic acids is 1. The first kappa shape index (κ1) is 23.0. The summed E-state index contributed by atoms with van der Waals surface area (Å²) in [5.41, 5.74) is 13.7. The van der Waals surface area contributed by atoms with Crippen molar-refractivity contribution in [1.82, 2.24) is 0 Å². The molecule has 1 amide bonds. The first-order valence-electron chi connectivity index (χ1n) is 11.3.